The van der Waals surface area contributed by atoms with Crippen molar-refractivity contribution in [2.24, 2.45) is 0 Å². The van der Waals surface area contributed by atoms with Crippen molar-refractivity contribution in [3.8, 4) is 0 Å². The highest BCUT2D eigenvalue weighted by Crippen LogP contribution is 2.26. The molecule has 0 bridgehead atoms. The van der Waals surface area contributed by atoms with Crippen molar-refractivity contribution in [1.29, 1.82) is 0 Å². The summed E-state index contributed by atoms with van der Waals surface area (Å²) in [6.07, 6.45) is -0.837. The molecule has 1 heterocycles. The molecule has 8 heteroatoms. The van der Waals surface area contributed by atoms with Gasteiger partial charge in [0, 0.05) is 25.2 Å². The zero-order valence-corrected chi connectivity index (χ0v) is 9.22. The fourth-order valence-corrected chi connectivity index (χ4v) is 3.12. The van der Waals surface area contributed by atoms with E-state index in [-0.39, 0.29) is 13.1 Å². The molecule has 0 amide bonds. The molecule has 1 aliphatic rings. The zero-order chi connectivity index (χ0) is 12.8. The summed E-state index contributed by atoms with van der Waals surface area (Å²) in [6.45, 7) is -0.447. The molecule has 0 spiro atoms. The van der Waals surface area contributed by atoms with Gasteiger partial charge in [0.05, 0.1) is 6.10 Å². The second-order valence-corrected chi connectivity index (χ2v) is 5.55. The van der Waals surface area contributed by atoms with Gasteiger partial charge in [-0.1, -0.05) is 0 Å². The Balaban J connectivity index is 2.47. The van der Waals surface area contributed by atoms with Crippen LogP contribution >= 0.6 is 0 Å². The number of β-amino-alcohol motifs (C(OH)–C–C–N with tert-alkyl or cyclic N) is 1. The molecule has 1 fully saturated rings. The quantitative estimate of drug-likeness (QED) is 0.847. The number of sulfonamides is 1. The van der Waals surface area contributed by atoms with Gasteiger partial charge in [-0.05, 0) is 0 Å². The smallest absolute Gasteiger partial charge is 0.249 e. The van der Waals surface area contributed by atoms with E-state index in [9.17, 15) is 21.6 Å². The Morgan fingerprint density at radius 2 is 1.65 bits per heavy atom. The minimum Gasteiger partial charge on any atom is -0.390 e. The first kappa shape index (κ1) is 12.3. The lowest BCUT2D eigenvalue weighted by atomic mass is 10.2. The number of benzene rings is 1. The molecule has 1 aromatic rings. The van der Waals surface area contributed by atoms with E-state index in [1.807, 2.05) is 0 Å². The monoisotopic (exact) mass is 267 g/mol. The summed E-state index contributed by atoms with van der Waals surface area (Å²) in [6, 6.07) is 0.596. The molecule has 1 saturated heterocycles. The lowest BCUT2D eigenvalue weighted by molar-refractivity contribution is 0.0544. The Morgan fingerprint density at radius 1 is 1.18 bits per heavy atom. The summed E-state index contributed by atoms with van der Waals surface area (Å²) in [4.78, 5) is -1.19. The summed E-state index contributed by atoms with van der Waals surface area (Å²) >= 11 is 0. The summed E-state index contributed by atoms with van der Waals surface area (Å²) in [5, 5.41) is 8.96. The number of hydrogen-bond acceptors (Lipinski definition) is 3. The average molecular weight is 267 g/mol. The molecular weight excluding hydrogens is 259 g/mol. The van der Waals surface area contributed by atoms with E-state index >= 15 is 0 Å². The maximum absolute atomic E-state index is 13.3. The standard InChI is InChI=1S/C9H8F3NO3S/c10-5-1-7(11)9(8(12)2-5)17(15,16)13-3-6(14)4-13/h1-2,6,14H,3-4H2. The van der Waals surface area contributed by atoms with E-state index in [2.05, 4.69) is 0 Å². The first-order valence-electron chi connectivity index (χ1n) is 4.65. The molecule has 1 N–H and O–H groups in total. The summed E-state index contributed by atoms with van der Waals surface area (Å²) in [7, 11) is -4.36. The fraction of sp³-hybridized carbons (Fsp3) is 0.333. The minimum absolute atomic E-state index is 0.224. The third-order valence-electron chi connectivity index (χ3n) is 2.39. The van der Waals surface area contributed by atoms with Crippen LogP contribution in [0.5, 0.6) is 0 Å². The van der Waals surface area contributed by atoms with E-state index < -0.39 is 38.5 Å². The SMILES string of the molecule is O=S(=O)(c1c(F)cc(F)cc1F)N1CC(O)C1. The maximum atomic E-state index is 13.3. The molecule has 0 atom stereocenters. The normalized spacial score (nSPS) is 18.1. The lowest BCUT2D eigenvalue weighted by Gasteiger charge is -2.34. The van der Waals surface area contributed by atoms with Crippen LogP contribution in [0.25, 0.3) is 0 Å². The molecule has 0 radical (unpaired) electrons. The van der Waals surface area contributed by atoms with E-state index in [1.54, 1.807) is 0 Å². The van der Waals surface area contributed by atoms with Gasteiger partial charge in [-0.15, -0.1) is 0 Å². The van der Waals surface area contributed by atoms with Crippen molar-refractivity contribution in [3.05, 3.63) is 29.6 Å². The van der Waals surface area contributed by atoms with Crippen molar-refractivity contribution in [3.63, 3.8) is 0 Å². The van der Waals surface area contributed by atoms with E-state index in [0.29, 0.717) is 12.1 Å². The molecule has 1 aromatic carbocycles. The van der Waals surface area contributed by atoms with Gasteiger partial charge in [0.15, 0.2) is 4.90 Å². The highest BCUT2D eigenvalue weighted by molar-refractivity contribution is 7.89. The number of hydrogen-bond donors (Lipinski definition) is 1. The second kappa shape index (κ2) is 3.97. The van der Waals surface area contributed by atoms with Crippen molar-refractivity contribution >= 4 is 10.0 Å². The third kappa shape index (κ3) is 2.03. The van der Waals surface area contributed by atoms with Crippen LogP contribution in [0.2, 0.25) is 0 Å². The molecule has 1 aliphatic heterocycles. The third-order valence-corrected chi connectivity index (χ3v) is 4.27. The number of rotatable bonds is 2. The Morgan fingerprint density at radius 3 is 2.06 bits per heavy atom. The largest absolute Gasteiger partial charge is 0.390 e. The Bertz CT molecular complexity index is 532. The lowest BCUT2D eigenvalue weighted by Crippen LogP contribution is -2.53. The van der Waals surface area contributed by atoms with Crippen LogP contribution in [0.4, 0.5) is 13.2 Å². The molecule has 94 valence electrons. The van der Waals surface area contributed by atoms with E-state index in [0.717, 1.165) is 4.31 Å². The molecule has 0 aromatic heterocycles. The average Bonchev–Trinajstić information content (AvgIpc) is 2.10. The number of nitrogens with zero attached hydrogens (tertiary/aromatic N) is 1. The topological polar surface area (TPSA) is 57.6 Å². The van der Waals surface area contributed by atoms with Crippen LogP contribution < -0.4 is 0 Å². The Hall–Kier alpha value is -1.12. The van der Waals surface area contributed by atoms with Gasteiger partial charge in [0.1, 0.15) is 17.5 Å². The summed E-state index contributed by atoms with van der Waals surface area (Å²) in [5.74, 6) is -4.16. The Kier molecular flexibility index (Phi) is 2.88. The van der Waals surface area contributed by atoms with Gasteiger partial charge in [-0.25, -0.2) is 21.6 Å². The summed E-state index contributed by atoms with van der Waals surface area (Å²) < 4.78 is 63.4. The van der Waals surface area contributed by atoms with Gasteiger partial charge >= 0.3 is 0 Å². The van der Waals surface area contributed by atoms with Crippen LogP contribution in [0.15, 0.2) is 17.0 Å². The van der Waals surface area contributed by atoms with Crippen molar-refractivity contribution in [2.75, 3.05) is 13.1 Å². The maximum Gasteiger partial charge on any atom is 0.249 e. The predicted molar refractivity (Wildman–Crippen MR) is 51.1 cm³/mol. The molecule has 0 aliphatic carbocycles. The van der Waals surface area contributed by atoms with Crippen molar-refractivity contribution in [1.82, 2.24) is 4.31 Å². The van der Waals surface area contributed by atoms with Crippen LogP contribution in [0, 0.1) is 17.5 Å². The van der Waals surface area contributed by atoms with Gasteiger partial charge in [0.25, 0.3) is 0 Å². The first-order chi connectivity index (χ1) is 7.82. The molecule has 0 unspecified atom stereocenters. The number of halogens is 3. The second-order valence-electron chi connectivity index (χ2n) is 3.67. The van der Waals surface area contributed by atoms with Crippen LogP contribution in [-0.4, -0.2) is 37.0 Å². The molecule has 17 heavy (non-hydrogen) atoms. The highest BCUT2D eigenvalue weighted by atomic mass is 32.2. The summed E-state index contributed by atoms with van der Waals surface area (Å²) in [5.41, 5.74) is 0. The molecule has 0 saturated carbocycles. The van der Waals surface area contributed by atoms with Gasteiger partial charge in [-0.2, -0.15) is 4.31 Å². The zero-order valence-electron chi connectivity index (χ0n) is 8.40. The minimum atomic E-state index is -4.36. The molecular formula is C9H8F3NO3S. The van der Waals surface area contributed by atoms with Gasteiger partial charge in [0.2, 0.25) is 10.0 Å². The predicted octanol–water partition coefficient (Wildman–Crippen LogP) is 0.469. The number of aliphatic hydroxyl groups excluding tert-OH is 1. The van der Waals surface area contributed by atoms with Gasteiger partial charge < -0.3 is 5.11 Å². The highest BCUT2D eigenvalue weighted by Gasteiger charge is 2.39. The molecule has 2 rings (SSSR count). The van der Waals surface area contributed by atoms with E-state index in [1.165, 1.54) is 0 Å². The van der Waals surface area contributed by atoms with Crippen molar-refractivity contribution < 1.29 is 26.7 Å². The van der Waals surface area contributed by atoms with Crippen LogP contribution in [0.3, 0.4) is 0 Å². The number of aliphatic hydroxyl groups is 1. The van der Waals surface area contributed by atoms with Gasteiger partial charge in [-0.3, -0.25) is 0 Å². The van der Waals surface area contributed by atoms with Crippen LogP contribution in [-0.2, 0) is 10.0 Å². The Labute approximate surface area is 95.3 Å². The molecule has 4 nitrogen and oxygen atoms in total. The van der Waals surface area contributed by atoms with E-state index in [4.69, 9.17) is 5.11 Å². The first-order valence-corrected chi connectivity index (χ1v) is 6.09. The fourth-order valence-electron chi connectivity index (χ4n) is 1.52. The van der Waals surface area contributed by atoms with Crippen molar-refractivity contribution in [2.45, 2.75) is 11.0 Å². The van der Waals surface area contributed by atoms with Crippen LogP contribution in [0.1, 0.15) is 0 Å².